The number of rotatable bonds is 6. The number of hydrogen-bond donors (Lipinski definition) is 2. The molecular formula is C14H27ClN4O2S. The predicted octanol–water partition coefficient (Wildman–Crippen LogP) is 0.131. The molecule has 0 aliphatic carbocycles. The Morgan fingerprint density at radius 1 is 1.32 bits per heavy atom. The van der Waals surface area contributed by atoms with E-state index >= 15 is 0 Å². The number of halogens is 1. The van der Waals surface area contributed by atoms with Crippen molar-refractivity contribution in [1.82, 2.24) is 20.4 Å². The highest BCUT2D eigenvalue weighted by atomic mass is 35.5. The lowest BCUT2D eigenvalue weighted by Gasteiger charge is -2.28. The molecule has 2 aliphatic heterocycles. The Kier molecular flexibility index (Phi) is 9.16. The molecule has 8 heteroatoms. The van der Waals surface area contributed by atoms with Crippen LogP contribution in [-0.4, -0.2) is 78.6 Å². The van der Waals surface area contributed by atoms with Crippen LogP contribution in [0.5, 0.6) is 0 Å². The third-order valence-corrected chi connectivity index (χ3v) is 4.92. The van der Waals surface area contributed by atoms with Crippen molar-refractivity contribution in [2.24, 2.45) is 0 Å². The van der Waals surface area contributed by atoms with Gasteiger partial charge in [-0.15, -0.1) is 24.2 Å². The third kappa shape index (κ3) is 5.61. The van der Waals surface area contributed by atoms with Crippen molar-refractivity contribution in [2.45, 2.75) is 25.8 Å². The fourth-order valence-corrected chi connectivity index (χ4v) is 3.83. The van der Waals surface area contributed by atoms with Crippen molar-refractivity contribution in [3.63, 3.8) is 0 Å². The second-order valence-electron chi connectivity index (χ2n) is 5.51. The maximum absolute atomic E-state index is 12.3. The molecule has 2 amide bonds. The van der Waals surface area contributed by atoms with E-state index in [2.05, 4.69) is 15.5 Å². The van der Waals surface area contributed by atoms with Crippen molar-refractivity contribution in [3.05, 3.63) is 0 Å². The van der Waals surface area contributed by atoms with E-state index < -0.39 is 0 Å². The number of carbonyl (C=O) groups is 2. The number of carbonyl (C=O) groups excluding carboxylic acids is 2. The summed E-state index contributed by atoms with van der Waals surface area (Å²) in [6.07, 6.45) is 1.36. The second-order valence-corrected chi connectivity index (χ2v) is 6.51. The van der Waals surface area contributed by atoms with E-state index in [-0.39, 0.29) is 30.3 Å². The first-order valence-electron chi connectivity index (χ1n) is 7.80. The van der Waals surface area contributed by atoms with Crippen LogP contribution in [0.2, 0.25) is 0 Å². The van der Waals surface area contributed by atoms with E-state index in [1.807, 2.05) is 6.92 Å². The molecule has 22 heavy (non-hydrogen) atoms. The lowest BCUT2D eigenvalue weighted by Crippen LogP contribution is -2.50. The Labute approximate surface area is 143 Å². The summed E-state index contributed by atoms with van der Waals surface area (Å²) in [7, 11) is 0. The molecule has 6 nitrogen and oxygen atoms in total. The molecule has 0 aromatic heterocycles. The zero-order valence-corrected chi connectivity index (χ0v) is 14.8. The predicted molar refractivity (Wildman–Crippen MR) is 92.4 cm³/mol. The molecule has 2 N–H and O–H groups in total. The lowest BCUT2D eigenvalue weighted by atomic mass is 10.2. The Bertz CT molecular complexity index is 367. The summed E-state index contributed by atoms with van der Waals surface area (Å²) in [6.45, 7) is 7.65. The zero-order valence-electron chi connectivity index (χ0n) is 13.2. The average molecular weight is 351 g/mol. The summed E-state index contributed by atoms with van der Waals surface area (Å²) >= 11 is 1.66. The SMILES string of the molecule is CCCC(=O)N1CSCC1C(=O)NCCN1CCNCC1.Cl. The van der Waals surface area contributed by atoms with E-state index in [1.54, 1.807) is 16.7 Å². The van der Waals surface area contributed by atoms with Crippen molar-refractivity contribution in [1.29, 1.82) is 0 Å². The lowest BCUT2D eigenvalue weighted by molar-refractivity contribution is -0.138. The number of piperazine rings is 1. The highest BCUT2D eigenvalue weighted by Crippen LogP contribution is 2.22. The minimum atomic E-state index is -0.280. The summed E-state index contributed by atoms with van der Waals surface area (Å²) in [5, 5.41) is 6.30. The molecule has 2 saturated heterocycles. The number of nitrogens with zero attached hydrogens (tertiary/aromatic N) is 2. The molecular weight excluding hydrogens is 324 g/mol. The molecule has 0 radical (unpaired) electrons. The maximum atomic E-state index is 12.3. The first kappa shape index (κ1) is 19.5. The molecule has 2 fully saturated rings. The van der Waals surface area contributed by atoms with Gasteiger partial charge in [-0.1, -0.05) is 6.92 Å². The molecule has 128 valence electrons. The third-order valence-electron chi connectivity index (χ3n) is 3.91. The molecule has 2 rings (SSSR count). The van der Waals surface area contributed by atoms with Crippen LogP contribution in [-0.2, 0) is 9.59 Å². The Morgan fingerprint density at radius 2 is 2.05 bits per heavy atom. The van der Waals surface area contributed by atoms with Gasteiger partial charge in [-0.25, -0.2) is 0 Å². The van der Waals surface area contributed by atoms with Gasteiger partial charge in [0, 0.05) is 51.4 Å². The number of hydrogen-bond acceptors (Lipinski definition) is 5. The second kappa shape index (κ2) is 10.3. The molecule has 2 heterocycles. The summed E-state index contributed by atoms with van der Waals surface area (Å²) < 4.78 is 0. The fourth-order valence-electron chi connectivity index (χ4n) is 2.65. The van der Waals surface area contributed by atoms with Crippen molar-refractivity contribution in [3.8, 4) is 0 Å². The van der Waals surface area contributed by atoms with Gasteiger partial charge in [0.05, 0.1) is 5.88 Å². The van der Waals surface area contributed by atoms with Crippen LogP contribution in [0.4, 0.5) is 0 Å². The summed E-state index contributed by atoms with van der Waals surface area (Å²) in [5.41, 5.74) is 0. The van der Waals surface area contributed by atoms with Gasteiger partial charge in [-0.2, -0.15) is 0 Å². The first-order valence-corrected chi connectivity index (χ1v) is 8.96. The standard InChI is InChI=1S/C14H26N4O2S.ClH/c1-2-3-13(19)18-11-21-10-12(18)14(20)16-6-9-17-7-4-15-5-8-17;/h12,15H,2-11H2,1H3,(H,16,20);1H. The smallest absolute Gasteiger partial charge is 0.243 e. The van der Waals surface area contributed by atoms with Gasteiger partial charge in [0.25, 0.3) is 0 Å². The van der Waals surface area contributed by atoms with E-state index in [0.717, 1.165) is 44.9 Å². The van der Waals surface area contributed by atoms with Gasteiger partial charge in [-0.3, -0.25) is 14.5 Å². The molecule has 1 unspecified atom stereocenters. The first-order chi connectivity index (χ1) is 10.2. The molecule has 1 atom stereocenters. The van der Waals surface area contributed by atoms with Crippen molar-refractivity contribution < 1.29 is 9.59 Å². The van der Waals surface area contributed by atoms with Crippen LogP contribution in [0.1, 0.15) is 19.8 Å². The molecule has 0 spiro atoms. The summed E-state index contributed by atoms with van der Waals surface area (Å²) in [6, 6.07) is -0.280. The Hall–Kier alpha value is -0.500. The summed E-state index contributed by atoms with van der Waals surface area (Å²) in [5.74, 6) is 1.47. The number of nitrogens with one attached hydrogen (secondary N) is 2. The Morgan fingerprint density at radius 3 is 2.73 bits per heavy atom. The Balaban J connectivity index is 0.00000242. The minimum Gasteiger partial charge on any atom is -0.353 e. The average Bonchev–Trinajstić information content (AvgIpc) is 2.98. The largest absolute Gasteiger partial charge is 0.353 e. The minimum absolute atomic E-state index is 0. The van der Waals surface area contributed by atoms with E-state index in [1.165, 1.54) is 0 Å². The van der Waals surface area contributed by atoms with Crippen LogP contribution < -0.4 is 10.6 Å². The molecule has 0 aromatic rings. The van der Waals surface area contributed by atoms with Gasteiger partial charge in [0.15, 0.2) is 0 Å². The molecule has 2 aliphatic rings. The molecule has 0 aromatic carbocycles. The van der Waals surface area contributed by atoms with E-state index in [9.17, 15) is 9.59 Å². The topological polar surface area (TPSA) is 64.7 Å². The monoisotopic (exact) mass is 350 g/mol. The van der Waals surface area contributed by atoms with E-state index in [4.69, 9.17) is 0 Å². The van der Waals surface area contributed by atoms with Gasteiger partial charge < -0.3 is 15.5 Å². The highest BCUT2D eigenvalue weighted by molar-refractivity contribution is 7.99. The van der Waals surface area contributed by atoms with Gasteiger partial charge in [0.2, 0.25) is 11.8 Å². The maximum Gasteiger partial charge on any atom is 0.243 e. The van der Waals surface area contributed by atoms with Crippen LogP contribution in [0.3, 0.4) is 0 Å². The van der Waals surface area contributed by atoms with Crippen LogP contribution in [0.15, 0.2) is 0 Å². The highest BCUT2D eigenvalue weighted by Gasteiger charge is 2.33. The fraction of sp³-hybridized carbons (Fsp3) is 0.857. The van der Waals surface area contributed by atoms with Gasteiger partial charge >= 0.3 is 0 Å². The van der Waals surface area contributed by atoms with Crippen molar-refractivity contribution in [2.75, 3.05) is 50.9 Å². The van der Waals surface area contributed by atoms with Crippen LogP contribution >= 0.6 is 24.2 Å². The zero-order chi connectivity index (χ0) is 15.1. The summed E-state index contributed by atoms with van der Waals surface area (Å²) in [4.78, 5) is 28.3. The van der Waals surface area contributed by atoms with Gasteiger partial charge in [-0.05, 0) is 6.42 Å². The van der Waals surface area contributed by atoms with Crippen LogP contribution in [0, 0.1) is 0 Å². The quantitative estimate of drug-likeness (QED) is 0.713. The van der Waals surface area contributed by atoms with Gasteiger partial charge in [0.1, 0.15) is 6.04 Å². The molecule has 0 bridgehead atoms. The molecule has 0 saturated carbocycles. The normalized spacial score (nSPS) is 22.2. The van der Waals surface area contributed by atoms with Crippen molar-refractivity contribution >= 4 is 36.0 Å². The number of thioether (sulfide) groups is 1. The van der Waals surface area contributed by atoms with Crippen LogP contribution in [0.25, 0.3) is 0 Å². The van der Waals surface area contributed by atoms with E-state index in [0.29, 0.717) is 18.8 Å². The number of amides is 2.